The molecular formula is C13H10BrN3O3. The van der Waals surface area contributed by atoms with Crippen LogP contribution in [0.3, 0.4) is 0 Å². The van der Waals surface area contributed by atoms with Crippen LogP contribution in [-0.4, -0.2) is 29.1 Å². The standard InChI is InChI=1S/C13H10BrN3O3/c14-12-7-15-9(6-16-12)13(18)17-8-1-2-10-11(5-8)20-4-3-19-10/h1-2,5-7H,3-4H2,(H,17,18). The SMILES string of the molecule is O=C(Nc1ccc2c(c1)OCCO2)c1cnc(Br)cn1. The monoisotopic (exact) mass is 335 g/mol. The van der Waals surface area contributed by atoms with Crippen molar-refractivity contribution in [2.45, 2.75) is 0 Å². The van der Waals surface area contributed by atoms with Gasteiger partial charge in [0.1, 0.15) is 23.5 Å². The second kappa shape index (κ2) is 5.46. The molecule has 7 heteroatoms. The molecule has 0 radical (unpaired) electrons. The number of carbonyl (C=O) groups is 1. The summed E-state index contributed by atoms with van der Waals surface area (Å²) in [6, 6.07) is 5.23. The number of rotatable bonds is 2. The molecule has 0 spiro atoms. The molecular weight excluding hydrogens is 326 g/mol. The second-order valence-corrected chi connectivity index (χ2v) is 4.85. The molecule has 2 heterocycles. The second-order valence-electron chi connectivity index (χ2n) is 4.04. The highest BCUT2D eigenvalue weighted by Crippen LogP contribution is 2.32. The van der Waals surface area contributed by atoms with Crippen molar-refractivity contribution in [3.8, 4) is 11.5 Å². The van der Waals surface area contributed by atoms with Gasteiger partial charge in [-0.2, -0.15) is 0 Å². The first-order valence-electron chi connectivity index (χ1n) is 5.91. The van der Waals surface area contributed by atoms with Gasteiger partial charge in [-0.3, -0.25) is 4.79 Å². The molecule has 20 heavy (non-hydrogen) atoms. The van der Waals surface area contributed by atoms with Gasteiger partial charge in [-0.15, -0.1) is 0 Å². The third-order valence-corrected chi connectivity index (χ3v) is 3.06. The summed E-state index contributed by atoms with van der Waals surface area (Å²) in [5.74, 6) is 0.968. The van der Waals surface area contributed by atoms with Crippen LogP contribution >= 0.6 is 15.9 Å². The molecule has 1 N–H and O–H groups in total. The number of hydrogen-bond acceptors (Lipinski definition) is 5. The quantitative estimate of drug-likeness (QED) is 0.911. The Morgan fingerprint density at radius 2 is 1.95 bits per heavy atom. The van der Waals surface area contributed by atoms with Crippen LogP contribution in [0.15, 0.2) is 35.2 Å². The summed E-state index contributed by atoms with van der Waals surface area (Å²) in [6.45, 7) is 1.04. The van der Waals surface area contributed by atoms with E-state index in [1.54, 1.807) is 18.2 Å². The van der Waals surface area contributed by atoms with Crippen molar-refractivity contribution in [2.75, 3.05) is 18.5 Å². The Bertz CT molecular complexity index is 646. The van der Waals surface area contributed by atoms with Crippen LogP contribution in [0.1, 0.15) is 10.5 Å². The number of hydrogen-bond donors (Lipinski definition) is 1. The fourth-order valence-corrected chi connectivity index (χ4v) is 1.95. The molecule has 1 aliphatic heterocycles. The number of halogens is 1. The molecule has 0 saturated heterocycles. The minimum Gasteiger partial charge on any atom is -0.486 e. The van der Waals surface area contributed by atoms with Crippen LogP contribution in [0.4, 0.5) is 5.69 Å². The summed E-state index contributed by atoms with van der Waals surface area (Å²) in [5.41, 5.74) is 0.854. The van der Waals surface area contributed by atoms with Crippen molar-refractivity contribution < 1.29 is 14.3 Å². The minimum absolute atomic E-state index is 0.239. The van der Waals surface area contributed by atoms with Gasteiger partial charge < -0.3 is 14.8 Å². The summed E-state index contributed by atoms with van der Waals surface area (Å²) < 4.78 is 11.4. The maximum Gasteiger partial charge on any atom is 0.275 e. The molecule has 102 valence electrons. The lowest BCUT2D eigenvalue weighted by molar-refractivity contribution is 0.102. The first-order chi connectivity index (χ1) is 9.72. The van der Waals surface area contributed by atoms with Gasteiger partial charge in [-0.05, 0) is 28.1 Å². The van der Waals surface area contributed by atoms with Crippen molar-refractivity contribution in [2.24, 2.45) is 0 Å². The van der Waals surface area contributed by atoms with E-state index in [2.05, 4.69) is 31.2 Å². The zero-order valence-corrected chi connectivity index (χ0v) is 11.9. The Hall–Kier alpha value is -2.15. The van der Waals surface area contributed by atoms with E-state index in [1.807, 2.05) is 0 Å². The Morgan fingerprint density at radius 1 is 1.15 bits per heavy atom. The number of nitrogens with one attached hydrogen (secondary N) is 1. The first kappa shape index (κ1) is 12.9. The summed E-state index contributed by atoms with van der Waals surface area (Å²) in [6.07, 6.45) is 2.87. The number of benzene rings is 1. The third-order valence-electron chi connectivity index (χ3n) is 2.65. The molecule has 6 nitrogen and oxygen atoms in total. The van der Waals surface area contributed by atoms with Gasteiger partial charge in [0.25, 0.3) is 5.91 Å². The van der Waals surface area contributed by atoms with Crippen molar-refractivity contribution in [3.05, 3.63) is 40.9 Å². The van der Waals surface area contributed by atoms with E-state index < -0.39 is 0 Å². The zero-order chi connectivity index (χ0) is 13.9. The fraction of sp³-hybridized carbons (Fsp3) is 0.154. The van der Waals surface area contributed by atoms with E-state index in [9.17, 15) is 4.79 Å². The Labute approximate surface area is 123 Å². The maximum atomic E-state index is 12.0. The minimum atomic E-state index is -0.332. The summed E-state index contributed by atoms with van der Waals surface area (Å²) in [5, 5.41) is 2.74. The van der Waals surface area contributed by atoms with Crippen LogP contribution < -0.4 is 14.8 Å². The number of anilines is 1. The lowest BCUT2D eigenvalue weighted by atomic mass is 10.2. The van der Waals surface area contributed by atoms with Crippen LogP contribution in [0.5, 0.6) is 11.5 Å². The summed E-state index contributed by atoms with van der Waals surface area (Å²) >= 11 is 3.17. The van der Waals surface area contributed by atoms with Crippen molar-refractivity contribution >= 4 is 27.5 Å². The van der Waals surface area contributed by atoms with Crippen molar-refractivity contribution in [3.63, 3.8) is 0 Å². The first-order valence-corrected chi connectivity index (χ1v) is 6.70. The number of aromatic nitrogens is 2. The maximum absolute atomic E-state index is 12.0. The van der Waals surface area contributed by atoms with Gasteiger partial charge in [-0.25, -0.2) is 9.97 Å². The van der Waals surface area contributed by atoms with E-state index in [-0.39, 0.29) is 11.6 Å². The molecule has 0 aliphatic carbocycles. The number of ether oxygens (including phenoxy) is 2. The van der Waals surface area contributed by atoms with E-state index in [0.29, 0.717) is 35.0 Å². The summed E-state index contributed by atoms with van der Waals surface area (Å²) in [4.78, 5) is 19.9. The fourth-order valence-electron chi connectivity index (χ4n) is 1.75. The highest BCUT2D eigenvalue weighted by molar-refractivity contribution is 9.10. The molecule has 1 aromatic heterocycles. The predicted octanol–water partition coefficient (Wildman–Crippen LogP) is 2.26. The molecule has 0 unspecified atom stereocenters. The van der Waals surface area contributed by atoms with Crippen molar-refractivity contribution in [1.29, 1.82) is 0 Å². The van der Waals surface area contributed by atoms with Gasteiger partial charge in [0.05, 0.1) is 12.4 Å². The third kappa shape index (κ3) is 2.72. The topological polar surface area (TPSA) is 73.3 Å². The molecule has 0 bridgehead atoms. The van der Waals surface area contributed by atoms with E-state index in [1.165, 1.54) is 12.4 Å². The lowest BCUT2D eigenvalue weighted by Gasteiger charge is -2.18. The molecule has 1 amide bonds. The smallest absolute Gasteiger partial charge is 0.275 e. The van der Waals surface area contributed by atoms with Crippen molar-refractivity contribution in [1.82, 2.24) is 9.97 Å². The van der Waals surface area contributed by atoms with Crippen LogP contribution in [0.25, 0.3) is 0 Å². The average molecular weight is 336 g/mol. The normalized spacial score (nSPS) is 12.8. The van der Waals surface area contributed by atoms with Gasteiger partial charge in [-0.1, -0.05) is 0 Å². The van der Waals surface area contributed by atoms with Crippen LogP contribution in [0, 0.1) is 0 Å². The van der Waals surface area contributed by atoms with Gasteiger partial charge in [0.15, 0.2) is 11.5 Å². The number of amides is 1. The molecule has 0 fully saturated rings. The number of nitrogens with zero attached hydrogens (tertiary/aromatic N) is 2. The number of carbonyl (C=O) groups excluding carboxylic acids is 1. The highest BCUT2D eigenvalue weighted by Gasteiger charge is 2.14. The molecule has 2 aromatic rings. The van der Waals surface area contributed by atoms with Gasteiger partial charge in [0, 0.05) is 11.8 Å². The molecule has 0 atom stereocenters. The van der Waals surface area contributed by atoms with Gasteiger partial charge >= 0.3 is 0 Å². The van der Waals surface area contributed by atoms with E-state index >= 15 is 0 Å². The Balaban J connectivity index is 1.77. The average Bonchev–Trinajstić information content (AvgIpc) is 2.48. The number of fused-ring (bicyclic) bond motifs is 1. The molecule has 1 aliphatic rings. The van der Waals surface area contributed by atoms with Crippen LogP contribution in [-0.2, 0) is 0 Å². The van der Waals surface area contributed by atoms with E-state index in [4.69, 9.17) is 9.47 Å². The molecule has 1 aromatic carbocycles. The Morgan fingerprint density at radius 3 is 2.70 bits per heavy atom. The van der Waals surface area contributed by atoms with E-state index in [0.717, 1.165) is 0 Å². The molecule has 3 rings (SSSR count). The largest absolute Gasteiger partial charge is 0.486 e. The summed E-state index contributed by atoms with van der Waals surface area (Å²) in [7, 11) is 0. The highest BCUT2D eigenvalue weighted by atomic mass is 79.9. The molecule has 0 saturated carbocycles. The lowest BCUT2D eigenvalue weighted by Crippen LogP contribution is -2.17. The van der Waals surface area contributed by atoms with Crippen LogP contribution in [0.2, 0.25) is 0 Å². The Kier molecular flexibility index (Phi) is 3.51. The van der Waals surface area contributed by atoms with Gasteiger partial charge in [0.2, 0.25) is 0 Å². The predicted molar refractivity (Wildman–Crippen MR) is 75.1 cm³/mol. The zero-order valence-electron chi connectivity index (χ0n) is 10.3.